The number of nitrogens with one attached hydrogen (secondary N) is 2. The molecule has 5 aliphatic rings. The summed E-state index contributed by atoms with van der Waals surface area (Å²) in [6.45, 7) is 7.19. The molecule has 1 spiro atoms. The molecule has 2 aromatic heterocycles. The molecular formula is C38H46N4O7. The van der Waals surface area contributed by atoms with Crippen molar-refractivity contribution in [3.63, 3.8) is 0 Å². The average Bonchev–Trinajstić information content (AvgIpc) is 3.34. The van der Waals surface area contributed by atoms with E-state index in [2.05, 4.69) is 53.1 Å². The van der Waals surface area contributed by atoms with Crippen LogP contribution in [0.1, 0.15) is 65.7 Å². The first-order valence-corrected chi connectivity index (χ1v) is 17.8. The second kappa shape index (κ2) is 12.5. The Hall–Kier alpha value is -3.77. The molecule has 49 heavy (non-hydrogen) atoms. The molecule has 4 saturated heterocycles. The van der Waals surface area contributed by atoms with Crippen LogP contribution >= 0.6 is 0 Å². The van der Waals surface area contributed by atoms with Crippen LogP contribution < -0.4 is 10.7 Å². The Morgan fingerprint density at radius 1 is 1.02 bits per heavy atom. The molecule has 1 saturated carbocycles. The third-order valence-electron chi connectivity index (χ3n) is 11.6. The Bertz CT molecular complexity index is 1990. The second-order valence-corrected chi connectivity index (χ2v) is 14.7. The van der Waals surface area contributed by atoms with E-state index in [-0.39, 0.29) is 36.5 Å². The van der Waals surface area contributed by atoms with E-state index in [1.807, 2.05) is 38.1 Å². The summed E-state index contributed by atoms with van der Waals surface area (Å²) >= 11 is 0. The highest BCUT2D eigenvalue weighted by Crippen LogP contribution is 2.60. The smallest absolute Gasteiger partial charge is 0.308 e. The van der Waals surface area contributed by atoms with Gasteiger partial charge in [0.15, 0.2) is 11.9 Å². The molecule has 4 aliphatic heterocycles. The van der Waals surface area contributed by atoms with Crippen molar-refractivity contribution < 1.29 is 33.6 Å². The Labute approximate surface area is 285 Å². The highest BCUT2D eigenvalue weighted by Gasteiger charge is 2.69. The normalized spacial score (nSPS) is 32.7. The minimum atomic E-state index is -0.895. The van der Waals surface area contributed by atoms with Gasteiger partial charge in [-0.25, -0.2) is 9.78 Å². The lowest BCUT2D eigenvalue weighted by Crippen LogP contribution is -2.70. The van der Waals surface area contributed by atoms with Crippen LogP contribution in [-0.4, -0.2) is 58.5 Å². The molecule has 6 heterocycles. The molecule has 1 amide bonds. The van der Waals surface area contributed by atoms with Crippen LogP contribution in [0.5, 0.6) is 0 Å². The lowest BCUT2D eigenvalue weighted by atomic mass is 9.58. The van der Waals surface area contributed by atoms with Crippen molar-refractivity contribution in [3.8, 4) is 0 Å². The van der Waals surface area contributed by atoms with E-state index in [1.54, 1.807) is 0 Å². The van der Waals surface area contributed by atoms with Crippen LogP contribution in [0, 0.1) is 23.7 Å². The molecule has 0 unspecified atom stereocenters. The maximum atomic E-state index is 13.0. The molecule has 260 valence electrons. The van der Waals surface area contributed by atoms with E-state index in [4.69, 9.17) is 29.0 Å². The molecule has 1 aliphatic carbocycles. The van der Waals surface area contributed by atoms with E-state index in [1.165, 1.54) is 0 Å². The third-order valence-corrected chi connectivity index (χ3v) is 11.6. The van der Waals surface area contributed by atoms with Crippen molar-refractivity contribution in [2.75, 3.05) is 13.1 Å². The molecule has 0 radical (unpaired) electrons. The first kappa shape index (κ1) is 32.4. The summed E-state index contributed by atoms with van der Waals surface area (Å²) in [6.07, 6.45) is 2.83. The van der Waals surface area contributed by atoms with E-state index in [9.17, 15) is 9.59 Å². The van der Waals surface area contributed by atoms with Gasteiger partial charge in [-0.15, -0.1) is 0 Å². The Morgan fingerprint density at radius 3 is 2.67 bits per heavy atom. The number of pyridine rings is 1. The summed E-state index contributed by atoms with van der Waals surface area (Å²) in [6, 6.07) is 16.6. The number of aromatic nitrogens is 2. The minimum absolute atomic E-state index is 0.0350. The summed E-state index contributed by atoms with van der Waals surface area (Å²) in [5.41, 5.74) is 2.47. The summed E-state index contributed by atoms with van der Waals surface area (Å²) in [7, 11) is 2.07. The van der Waals surface area contributed by atoms with E-state index < -0.39 is 29.9 Å². The average molecular weight is 671 g/mol. The second-order valence-electron chi connectivity index (χ2n) is 14.7. The zero-order valence-electron chi connectivity index (χ0n) is 28.7. The highest BCUT2D eigenvalue weighted by atomic mass is 17.3. The third kappa shape index (κ3) is 5.46. The van der Waals surface area contributed by atoms with Crippen LogP contribution in [0.2, 0.25) is 0 Å². The zero-order chi connectivity index (χ0) is 33.9. The van der Waals surface area contributed by atoms with Gasteiger partial charge in [0.2, 0.25) is 18.0 Å². The predicted octanol–water partition coefficient (Wildman–Crippen LogP) is 5.75. The van der Waals surface area contributed by atoms with Crippen molar-refractivity contribution in [2.45, 2.75) is 89.7 Å². The van der Waals surface area contributed by atoms with Gasteiger partial charge in [-0.1, -0.05) is 50.2 Å². The monoisotopic (exact) mass is 670 g/mol. The quantitative estimate of drug-likeness (QED) is 0.139. The van der Waals surface area contributed by atoms with Crippen LogP contribution in [0.4, 0.5) is 0 Å². The first-order chi connectivity index (χ1) is 23.7. The number of carbonyl (C=O) groups is 2. The number of aryl methyl sites for hydroxylation is 1. The molecule has 9 rings (SSSR count). The summed E-state index contributed by atoms with van der Waals surface area (Å²) in [5, 5.41) is 7.21. The standard InChI is InChI=1S/C38H46N4O7/c1-22-14-15-27-23(2)35(46-36-38(27)26(22)18-19-37(3,47-36)48-49-38)45-31(44)17-16-30(43)39-20-9-21-40-33-25-11-6-8-13-29(25)42(4)34-32(33)24-10-5-7-12-28(24)41-34/h5-8,10-13,22-23,26-27,35-36,41H,9,14-21H2,1-4H3,(H,39,43)/t22-,23-,26+,27+,35-,36-,37-,38-/m1/s1. The molecule has 11 heteroatoms. The number of rotatable bonds is 8. The summed E-state index contributed by atoms with van der Waals surface area (Å²) < 4.78 is 20.7. The van der Waals surface area contributed by atoms with Crippen LogP contribution in [-0.2, 0) is 40.6 Å². The topological polar surface area (TPSA) is 125 Å². The van der Waals surface area contributed by atoms with Crippen molar-refractivity contribution in [1.82, 2.24) is 14.9 Å². The molecule has 4 aromatic rings. The molecule has 8 atom stereocenters. The number of para-hydroxylation sites is 2. The number of aromatic amines is 1. The fourth-order valence-corrected chi connectivity index (χ4v) is 9.00. The van der Waals surface area contributed by atoms with Crippen molar-refractivity contribution >= 4 is 44.7 Å². The number of nitrogens with zero attached hydrogens (tertiary/aromatic N) is 2. The van der Waals surface area contributed by atoms with Gasteiger partial charge in [0.05, 0.1) is 22.7 Å². The summed E-state index contributed by atoms with van der Waals surface area (Å²) in [4.78, 5) is 46.4. The van der Waals surface area contributed by atoms with Gasteiger partial charge < -0.3 is 29.1 Å². The van der Waals surface area contributed by atoms with Gasteiger partial charge in [-0.3, -0.25) is 14.6 Å². The maximum Gasteiger partial charge on any atom is 0.308 e. The van der Waals surface area contributed by atoms with Crippen LogP contribution in [0.3, 0.4) is 0 Å². The minimum Gasteiger partial charge on any atom is -0.435 e. The van der Waals surface area contributed by atoms with Gasteiger partial charge in [0.1, 0.15) is 5.65 Å². The first-order valence-electron chi connectivity index (χ1n) is 17.8. The number of H-pyrrole nitrogens is 1. The molecule has 5 fully saturated rings. The Morgan fingerprint density at radius 2 is 1.82 bits per heavy atom. The zero-order valence-corrected chi connectivity index (χ0v) is 28.7. The van der Waals surface area contributed by atoms with Crippen LogP contribution in [0.25, 0.3) is 32.8 Å². The molecule has 2 bridgehead atoms. The fourth-order valence-electron chi connectivity index (χ4n) is 9.00. The van der Waals surface area contributed by atoms with Gasteiger partial charge >= 0.3 is 5.97 Å². The van der Waals surface area contributed by atoms with Gasteiger partial charge in [0.25, 0.3) is 0 Å². The molecular weight excluding hydrogens is 624 g/mol. The Balaban J connectivity index is 0.871. The number of benzene rings is 2. The van der Waals surface area contributed by atoms with Crippen molar-refractivity contribution in [2.24, 2.45) is 35.7 Å². The van der Waals surface area contributed by atoms with Crippen molar-refractivity contribution in [1.29, 1.82) is 0 Å². The number of amides is 1. The number of carbonyl (C=O) groups excluding carboxylic acids is 2. The number of ether oxygens (including phenoxy) is 3. The SMILES string of the molecule is C[C@H]1[C@H](OC(=O)CCC(=O)NCCCN=c2c3ccccc3n(C)c3[nH]c4ccccc4c23)O[C@@H]2O[C@@]3(C)CC[C@H]4[C@H](C)CC[C@@H]1[C@@]24OO3. The number of hydrogen-bond acceptors (Lipinski definition) is 8. The Kier molecular flexibility index (Phi) is 8.29. The lowest BCUT2D eigenvalue weighted by Gasteiger charge is -2.59. The number of esters is 1. The van der Waals surface area contributed by atoms with Gasteiger partial charge in [0, 0.05) is 61.1 Å². The predicted molar refractivity (Wildman–Crippen MR) is 182 cm³/mol. The van der Waals surface area contributed by atoms with Gasteiger partial charge in [-0.2, -0.15) is 0 Å². The highest BCUT2D eigenvalue weighted by molar-refractivity contribution is 6.09. The molecule has 11 nitrogen and oxygen atoms in total. The fraction of sp³-hybridized carbons (Fsp3) is 0.553. The number of fused-ring (bicyclic) bond motifs is 6. The maximum absolute atomic E-state index is 13.0. The van der Waals surface area contributed by atoms with Crippen molar-refractivity contribution in [3.05, 3.63) is 53.9 Å². The molecule has 2 N–H and O–H groups in total. The number of hydrogen-bond donors (Lipinski definition) is 2. The van der Waals surface area contributed by atoms with Crippen LogP contribution in [0.15, 0.2) is 53.5 Å². The largest absolute Gasteiger partial charge is 0.435 e. The van der Waals surface area contributed by atoms with E-state index in [0.29, 0.717) is 31.8 Å². The summed E-state index contributed by atoms with van der Waals surface area (Å²) in [5.74, 6) is -0.924. The van der Waals surface area contributed by atoms with E-state index in [0.717, 1.165) is 57.5 Å². The van der Waals surface area contributed by atoms with E-state index >= 15 is 0 Å². The lowest BCUT2D eigenvalue weighted by molar-refractivity contribution is -0.576. The van der Waals surface area contributed by atoms with Gasteiger partial charge in [-0.05, 0) is 56.6 Å². The molecule has 2 aromatic carbocycles.